The molecular weight excluding hydrogens is 403 g/mol. The minimum atomic E-state index is -0.107. The van der Waals surface area contributed by atoms with E-state index in [1.54, 1.807) is 0 Å². The molecule has 0 heterocycles. The minimum absolute atomic E-state index is 0.107. The molecule has 0 saturated heterocycles. The molecule has 0 unspecified atom stereocenters. The van der Waals surface area contributed by atoms with Gasteiger partial charge in [0.05, 0.1) is 0 Å². The Labute approximate surface area is 199 Å². The molecule has 174 valence electrons. The first-order chi connectivity index (χ1) is 16.2. The molecule has 1 fully saturated rings. The van der Waals surface area contributed by atoms with E-state index in [0.29, 0.717) is 10.9 Å². The summed E-state index contributed by atoms with van der Waals surface area (Å²) in [5.41, 5.74) is 4.30. The van der Waals surface area contributed by atoms with Gasteiger partial charge in [-0.3, -0.25) is 0 Å². The van der Waals surface area contributed by atoms with Crippen LogP contribution in [-0.2, 0) is 12.8 Å². The summed E-state index contributed by atoms with van der Waals surface area (Å²) < 4.78 is 15.4. The summed E-state index contributed by atoms with van der Waals surface area (Å²) in [6, 6.07) is 18.8. The van der Waals surface area contributed by atoms with Crippen LogP contribution >= 0.6 is 0 Å². The fourth-order valence-corrected chi connectivity index (χ4v) is 5.58. The number of aryl methyl sites for hydroxylation is 2. The van der Waals surface area contributed by atoms with Gasteiger partial charge in [0.25, 0.3) is 0 Å². The zero-order valence-electron chi connectivity index (χ0n) is 20.5. The third kappa shape index (κ3) is 6.14. The van der Waals surface area contributed by atoms with E-state index >= 15 is 4.39 Å². The lowest BCUT2D eigenvalue weighted by molar-refractivity contribution is 0.252. The molecule has 3 aromatic rings. The average molecular weight is 443 g/mol. The Hall–Kier alpha value is -2.41. The average Bonchev–Trinajstić information content (AvgIpc) is 2.85. The van der Waals surface area contributed by atoms with Crippen LogP contribution in [0.1, 0.15) is 76.3 Å². The Morgan fingerprint density at radius 2 is 1.52 bits per heavy atom. The van der Waals surface area contributed by atoms with Crippen molar-refractivity contribution in [1.82, 2.24) is 0 Å². The second-order valence-corrected chi connectivity index (χ2v) is 10.0. The zero-order valence-corrected chi connectivity index (χ0v) is 20.5. The molecule has 1 heteroatoms. The van der Waals surface area contributed by atoms with Crippen molar-refractivity contribution in [2.75, 3.05) is 0 Å². The lowest BCUT2D eigenvalue weighted by atomic mass is 9.78. The highest BCUT2D eigenvalue weighted by molar-refractivity contribution is 5.88. The first-order valence-corrected chi connectivity index (χ1v) is 13.1. The molecule has 33 heavy (non-hydrogen) atoms. The van der Waals surface area contributed by atoms with Gasteiger partial charge in [0.15, 0.2) is 0 Å². The predicted molar refractivity (Wildman–Crippen MR) is 141 cm³/mol. The highest BCUT2D eigenvalue weighted by Crippen LogP contribution is 2.34. The molecule has 1 aliphatic carbocycles. The summed E-state index contributed by atoms with van der Waals surface area (Å²) >= 11 is 0. The summed E-state index contributed by atoms with van der Waals surface area (Å²) in [4.78, 5) is 0. The summed E-state index contributed by atoms with van der Waals surface area (Å²) in [6.45, 7) is 4.35. The third-order valence-electron chi connectivity index (χ3n) is 7.62. The second-order valence-electron chi connectivity index (χ2n) is 10.0. The zero-order chi connectivity index (χ0) is 23.0. The van der Waals surface area contributed by atoms with Gasteiger partial charge >= 0.3 is 0 Å². The topological polar surface area (TPSA) is 0 Å². The van der Waals surface area contributed by atoms with E-state index < -0.39 is 0 Å². The van der Waals surface area contributed by atoms with E-state index in [-0.39, 0.29) is 5.82 Å². The lowest BCUT2D eigenvalue weighted by Crippen LogP contribution is -2.15. The van der Waals surface area contributed by atoms with Crippen LogP contribution in [0, 0.1) is 17.7 Å². The minimum Gasteiger partial charge on any atom is -0.206 e. The summed E-state index contributed by atoms with van der Waals surface area (Å²) in [5, 5.41) is 1.70. The molecule has 0 atom stereocenters. The van der Waals surface area contributed by atoms with Crippen LogP contribution in [0.25, 0.3) is 21.9 Å². The first kappa shape index (κ1) is 23.7. The monoisotopic (exact) mass is 442 g/mol. The van der Waals surface area contributed by atoms with Crippen LogP contribution in [0.4, 0.5) is 4.39 Å². The number of hydrogen-bond donors (Lipinski definition) is 0. The van der Waals surface area contributed by atoms with E-state index in [1.165, 1.54) is 56.1 Å². The molecule has 0 nitrogen and oxygen atoms in total. The van der Waals surface area contributed by atoms with Crippen LogP contribution in [0.15, 0.2) is 66.7 Å². The Morgan fingerprint density at radius 3 is 2.21 bits per heavy atom. The van der Waals surface area contributed by atoms with E-state index in [4.69, 9.17) is 0 Å². The largest absolute Gasteiger partial charge is 0.206 e. The van der Waals surface area contributed by atoms with Gasteiger partial charge in [-0.25, -0.2) is 4.39 Å². The maximum Gasteiger partial charge on any atom is 0.138 e. The maximum atomic E-state index is 15.4. The molecule has 4 rings (SSSR count). The molecule has 0 N–H and O–H groups in total. The van der Waals surface area contributed by atoms with Crippen LogP contribution in [0.2, 0.25) is 0 Å². The van der Waals surface area contributed by atoms with Crippen LogP contribution in [0.5, 0.6) is 0 Å². The van der Waals surface area contributed by atoms with Gasteiger partial charge in [0.2, 0.25) is 0 Å². The quantitative estimate of drug-likeness (QED) is 0.289. The van der Waals surface area contributed by atoms with Crippen LogP contribution in [-0.4, -0.2) is 0 Å². The van der Waals surface area contributed by atoms with Crippen molar-refractivity contribution in [2.45, 2.75) is 78.1 Å². The Kier molecular flexibility index (Phi) is 8.37. The molecule has 0 bridgehead atoms. The van der Waals surface area contributed by atoms with Crippen molar-refractivity contribution in [3.05, 3.63) is 83.7 Å². The fourth-order valence-electron chi connectivity index (χ4n) is 5.58. The highest BCUT2D eigenvalue weighted by Gasteiger charge is 2.20. The molecule has 0 radical (unpaired) electrons. The fraction of sp³-hybridized carbons (Fsp3) is 0.438. The van der Waals surface area contributed by atoms with Gasteiger partial charge < -0.3 is 0 Å². The van der Waals surface area contributed by atoms with Crippen molar-refractivity contribution in [2.24, 2.45) is 11.8 Å². The van der Waals surface area contributed by atoms with E-state index in [9.17, 15) is 0 Å². The predicted octanol–water partition coefficient (Wildman–Crippen LogP) is 9.69. The molecule has 0 spiro atoms. The number of fused-ring (bicyclic) bond motifs is 1. The number of hydrogen-bond acceptors (Lipinski definition) is 0. The van der Waals surface area contributed by atoms with Crippen molar-refractivity contribution >= 4 is 10.8 Å². The third-order valence-corrected chi connectivity index (χ3v) is 7.62. The number of rotatable bonds is 9. The Bertz CT molecular complexity index is 1050. The van der Waals surface area contributed by atoms with E-state index in [0.717, 1.165) is 42.0 Å². The smallest absolute Gasteiger partial charge is 0.138 e. The van der Waals surface area contributed by atoms with Crippen molar-refractivity contribution in [3.8, 4) is 11.1 Å². The van der Waals surface area contributed by atoms with Gasteiger partial charge in [-0.05, 0) is 66.5 Å². The standard InChI is InChI=1S/C32H39F/c1-3-5-6-8-27-17-21-31-29(23-27)20-22-30(32(31)33)28-18-15-26(16-19-28)14-13-25-11-9-24(7-4-2)10-12-25/h3,5,15-25H,4,6-14H2,1-2H3/b5-3+. The molecule has 1 aliphatic rings. The van der Waals surface area contributed by atoms with Gasteiger partial charge in [0, 0.05) is 10.9 Å². The van der Waals surface area contributed by atoms with Crippen LogP contribution < -0.4 is 0 Å². The molecule has 1 saturated carbocycles. The van der Waals surface area contributed by atoms with Crippen molar-refractivity contribution in [1.29, 1.82) is 0 Å². The Morgan fingerprint density at radius 1 is 0.818 bits per heavy atom. The van der Waals surface area contributed by atoms with Crippen molar-refractivity contribution < 1.29 is 4.39 Å². The van der Waals surface area contributed by atoms with Gasteiger partial charge in [-0.15, -0.1) is 0 Å². The highest BCUT2D eigenvalue weighted by atomic mass is 19.1. The molecule has 3 aromatic carbocycles. The van der Waals surface area contributed by atoms with E-state index in [2.05, 4.69) is 61.5 Å². The summed E-state index contributed by atoms with van der Waals surface area (Å²) in [6.07, 6.45) is 17.1. The SMILES string of the molecule is C/C=C/CCc1ccc2c(F)c(-c3ccc(CCC4CCC(CCC)CC4)cc3)ccc2c1. The Balaban J connectivity index is 1.39. The van der Waals surface area contributed by atoms with Crippen LogP contribution in [0.3, 0.4) is 0 Å². The molecule has 0 aliphatic heterocycles. The molecular formula is C32H39F. The molecule has 0 amide bonds. The number of halogens is 1. The van der Waals surface area contributed by atoms with Gasteiger partial charge in [-0.1, -0.05) is 112 Å². The molecule has 0 aromatic heterocycles. The second kappa shape index (κ2) is 11.6. The van der Waals surface area contributed by atoms with Gasteiger partial charge in [-0.2, -0.15) is 0 Å². The summed E-state index contributed by atoms with van der Waals surface area (Å²) in [5.74, 6) is 1.76. The number of allylic oxidation sites excluding steroid dienone is 2. The number of benzene rings is 3. The van der Waals surface area contributed by atoms with Gasteiger partial charge in [0.1, 0.15) is 5.82 Å². The van der Waals surface area contributed by atoms with E-state index in [1.807, 2.05) is 19.1 Å². The lowest BCUT2D eigenvalue weighted by Gasteiger charge is -2.28. The summed E-state index contributed by atoms with van der Waals surface area (Å²) in [7, 11) is 0. The maximum absolute atomic E-state index is 15.4. The first-order valence-electron chi connectivity index (χ1n) is 13.1. The normalized spacial score (nSPS) is 18.9. The van der Waals surface area contributed by atoms with Crippen molar-refractivity contribution in [3.63, 3.8) is 0 Å².